The molecule has 0 aliphatic rings. The molecule has 0 fully saturated rings. The molecule has 0 aliphatic heterocycles. The van der Waals surface area contributed by atoms with Crippen LogP contribution in [0, 0.1) is 10.1 Å². The van der Waals surface area contributed by atoms with Crippen molar-refractivity contribution < 1.29 is 14.4 Å². The van der Waals surface area contributed by atoms with Crippen LogP contribution in [0.2, 0.25) is 0 Å². The number of nitro benzene ring substituents is 1. The van der Waals surface area contributed by atoms with Crippen LogP contribution in [0.25, 0.3) is 0 Å². The monoisotopic (exact) mass is 486 g/mol. The van der Waals surface area contributed by atoms with Crippen LogP contribution in [0.5, 0.6) is 11.5 Å². The fourth-order valence-corrected chi connectivity index (χ4v) is 2.99. The Labute approximate surface area is 206 Å². The topological polar surface area (TPSA) is 149 Å². The lowest BCUT2D eigenvalue weighted by Gasteiger charge is -2.10. The second kappa shape index (κ2) is 11.2. The Bertz CT molecular complexity index is 1340. The zero-order valence-electron chi connectivity index (χ0n) is 19.4. The van der Waals surface area contributed by atoms with Crippen molar-refractivity contribution in [2.24, 2.45) is 5.10 Å². The predicted octanol–water partition coefficient (Wildman–Crippen LogP) is 4.73. The van der Waals surface area contributed by atoms with Gasteiger partial charge >= 0.3 is 0 Å². The molecule has 0 bridgehead atoms. The first-order chi connectivity index (χ1) is 17.5. The summed E-state index contributed by atoms with van der Waals surface area (Å²) in [6.07, 6.45) is 1.61. The van der Waals surface area contributed by atoms with Crippen molar-refractivity contribution in [1.29, 1.82) is 0 Å². The molecule has 3 N–H and O–H groups in total. The van der Waals surface area contributed by atoms with Gasteiger partial charge in [-0.15, -0.1) is 0 Å². The minimum absolute atomic E-state index is 0.0201. The van der Waals surface area contributed by atoms with Gasteiger partial charge in [0, 0.05) is 23.5 Å². The summed E-state index contributed by atoms with van der Waals surface area (Å²) in [5.74, 6) is 2.09. The number of ether oxygens (including phenoxy) is 2. The number of hydrazone groups is 1. The maximum Gasteiger partial charge on any atom is 0.269 e. The molecular formula is C24H22N8O4. The number of methoxy groups -OCH3 is 2. The number of nitrogens with zero attached hydrogens (tertiary/aromatic N) is 5. The van der Waals surface area contributed by atoms with Gasteiger partial charge in [0.25, 0.3) is 5.69 Å². The molecule has 36 heavy (non-hydrogen) atoms. The minimum Gasteiger partial charge on any atom is -0.497 e. The normalized spacial score (nSPS) is 10.6. The van der Waals surface area contributed by atoms with Crippen molar-refractivity contribution in [3.63, 3.8) is 0 Å². The molecule has 4 rings (SSSR count). The standard InChI is InChI=1S/C24H22N8O4/c1-35-20-11-3-16(4-12-20)15-25-31-24-29-22(26-17-5-9-19(10-6-17)32(33)34)28-23(30-24)27-18-7-13-21(36-2)14-8-18/h3-15H,1-2H3,(H3,26,27,28,29,30,31)/b25-15+. The van der Waals surface area contributed by atoms with E-state index in [1.807, 2.05) is 36.4 Å². The van der Waals surface area contributed by atoms with Crippen molar-refractivity contribution in [2.75, 3.05) is 30.3 Å². The molecule has 0 saturated carbocycles. The predicted molar refractivity (Wildman–Crippen MR) is 137 cm³/mol. The van der Waals surface area contributed by atoms with Crippen LogP contribution < -0.4 is 25.5 Å². The van der Waals surface area contributed by atoms with Crippen molar-refractivity contribution in [3.8, 4) is 11.5 Å². The average molecular weight is 486 g/mol. The quantitative estimate of drug-likeness (QED) is 0.163. The Kier molecular flexibility index (Phi) is 7.46. The molecule has 1 heterocycles. The third-order valence-corrected chi connectivity index (χ3v) is 4.81. The third-order valence-electron chi connectivity index (χ3n) is 4.81. The number of non-ortho nitro benzene ring substituents is 1. The number of anilines is 5. The van der Waals surface area contributed by atoms with Gasteiger partial charge in [0.15, 0.2) is 0 Å². The van der Waals surface area contributed by atoms with Gasteiger partial charge in [0.1, 0.15) is 11.5 Å². The van der Waals surface area contributed by atoms with E-state index in [0.717, 1.165) is 17.0 Å². The number of rotatable bonds is 10. The lowest BCUT2D eigenvalue weighted by atomic mass is 10.2. The van der Waals surface area contributed by atoms with E-state index in [1.165, 1.54) is 12.1 Å². The lowest BCUT2D eigenvalue weighted by Crippen LogP contribution is -2.07. The number of benzene rings is 3. The van der Waals surface area contributed by atoms with Gasteiger partial charge in [-0.05, 0) is 66.2 Å². The lowest BCUT2D eigenvalue weighted by molar-refractivity contribution is -0.384. The molecule has 0 aliphatic carbocycles. The Hall–Kier alpha value is -5.26. The van der Waals surface area contributed by atoms with Crippen LogP contribution in [0.1, 0.15) is 5.56 Å². The molecule has 182 valence electrons. The summed E-state index contributed by atoms with van der Waals surface area (Å²) in [6.45, 7) is 0. The van der Waals surface area contributed by atoms with Crippen molar-refractivity contribution >= 4 is 41.1 Å². The summed E-state index contributed by atoms with van der Waals surface area (Å²) in [6, 6.07) is 20.5. The molecule has 0 amide bonds. The van der Waals surface area contributed by atoms with E-state index in [2.05, 4.69) is 36.1 Å². The van der Waals surface area contributed by atoms with Crippen LogP contribution >= 0.6 is 0 Å². The first-order valence-corrected chi connectivity index (χ1v) is 10.6. The second-order valence-corrected chi connectivity index (χ2v) is 7.23. The van der Waals surface area contributed by atoms with E-state index < -0.39 is 4.92 Å². The molecule has 12 heteroatoms. The van der Waals surface area contributed by atoms with Gasteiger partial charge in [0.05, 0.1) is 25.4 Å². The zero-order chi connectivity index (χ0) is 25.3. The van der Waals surface area contributed by atoms with Crippen molar-refractivity contribution in [2.45, 2.75) is 0 Å². The summed E-state index contributed by atoms with van der Waals surface area (Å²) < 4.78 is 10.3. The summed E-state index contributed by atoms with van der Waals surface area (Å²) in [5, 5.41) is 21.3. The van der Waals surface area contributed by atoms with E-state index in [1.54, 1.807) is 44.7 Å². The van der Waals surface area contributed by atoms with Gasteiger partial charge in [-0.1, -0.05) is 0 Å². The molecule has 0 unspecified atom stereocenters. The largest absolute Gasteiger partial charge is 0.497 e. The van der Waals surface area contributed by atoms with E-state index in [-0.39, 0.29) is 23.5 Å². The highest BCUT2D eigenvalue weighted by atomic mass is 16.6. The zero-order valence-corrected chi connectivity index (χ0v) is 19.4. The van der Waals surface area contributed by atoms with Gasteiger partial charge < -0.3 is 20.1 Å². The SMILES string of the molecule is COc1ccc(/C=N/Nc2nc(Nc3ccc(OC)cc3)nc(Nc3ccc([N+](=O)[O-])cc3)n2)cc1. The highest BCUT2D eigenvalue weighted by molar-refractivity contribution is 5.80. The molecule has 12 nitrogen and oxygen atoms in total. The first kappa shape index (κ1) is 23.9. The molecular weight excluding hydrogens is 464 g/mol. The highest BCUT2D eigenvalue weighted by Crippen LogP contribution is 2.22. The van der Waals surface area contributed by atoms with Crippen LogP contribution in [0.3, 0.4) is 0 Å². The summed E-state index contributed by atoms with van der Waals surface area (Å²) in [4.78, 5) is 23.6. The minimum atomic E-state index is -0.466. The molecule has 0 spiro atoms. The van der Waals surface area contributed by atoms with Crippen molar-refractivity contribution in [1.82, 2.24) is 15.0 Å². The molecule has 4 aromatic rings. The van der Waals surface area contributed by atoms with E-state index >= 15 is 0 Å². The van der Waals surface area contributed by atoms with E-state index in [9.17, 15) is 10.1 Å². The van der Waals surface area contributed by atoms with Crippen LogP contribution in [-0.4, -0.2) is 40.3 Å². The maximum absolute atomic E-state index is 10.9. The Balaban J connectivity index is 1.56. The van der Waals surface area contributed by atoms with Gasteiger partial charge in [-0.3, -0.25) is 10.1 Å². The molecule has 0 atom stereocenters. The molecule has 0 saturated heterocycles. The number of nitrogens with one attached hydrogen (secondary N) is 3. The number of hydrogen-bond acceptors (Lipinski definition) is 11. The van der Waals surface area contributed by atoms with E-state index in [4.69, 9.17) is 9.47 Å². The number of nitro groups is 1. The number of hydrogen-bond donors (Lipinski definition) is 3. The fourth-order valence-electron chi connectivity index (χ4n) is 2.99. The Morgan fingerprint density at radius 3 is 1.72 bits per heavy atom. The molecule has 1 aromatic heterocycles. The first-order valence-electron chi connectivity index (χ1n) is 10.6. The van der Waals surface area contributed by atoms with Gasteiger partial charge in [-0.2, -0.15) is 20.1 Å². The third kappa shape index (κ3) is 6.41. The number of aromatic nitrogens is 3. The van der Waals surface area contributed by atoms with Gasteiger partial charge in [0.2, 0.25) is 17.8 Å². The second-order valence-electron chi connectivity index (χ2n) is 7.23. The van der Waals surface area contributed by atoms with Crippen molar-refractivity contribution in [3.05, 3.63) is 88.5 Å². The maximum atomic E-state index is 10.9. The van der Waals surface area contributed by atoms with Crippen LogP contribution in [-0.2, 0) is 0 Å². The average Bonchev–Trinajstić information content (AvgIpc) is 2.90. The Morgan fingerprint density at radius 2 is 1.22 bits per heavy atom. The van der Waals surface area contributed by atoms with Crippen LogP contribution in [0.15, 0.2) is 77.9 Å². The molecule has 3 aromatic carbocycles. The fraction of sp³-hybridized carbons (Fsp3) is 0.0833. The highest BCUT2D eigenvalue weighted by Gasteiger charge is 2.09. The summed E-state index contributed by atoms with van der Waals surface area (Å²) in [7, 11) is 3.19. The summed E-state index contributed by atoms with van der Waals surface area (Å²) >= 11 is 0. The van der Waals surface area contributed by atoms with Crippen LogP contribution in [0.4, 0.5) is 34.9 Å². The van der Waals surface area contributed by atoms with E-state index in [0.29, 0.717) is 11.4 Å². The van der Waals surface area contributed by atoms with Gasteiger partial charge in [-0.25, -0.2) is 5.43 Å². The molecule has 0 radical (unpaired) electrons. The Morgan fingerprint density at radius 1 is 0.750 bits per heavy atom. The summed E-state index contributed by atoms with van der Waals surface area (Å²) in [5.41, 5.74) is 4.93. The smallest absolute Gasteiger partial charge is 0.269 e.